The monoisotopic (exact) mass is 174 g/mol. The molecule has 1 aliphatic heterocycles. The van der Waals surface area contributed by atoms with Gasteiger partial charge in [-0.1, -0.05) is 0 Å². The number of piperidine rings is 1. The van der Waals surface area contributed by atoms with Gasteiger partial charge in [-0.2, -0.15) is 0 Å². The van der Waals surface area contributed by atoms with Crippen molar-refractivity contribution in [2.75, 3.05) is 20.1 Å². The molecular weight excluding hydrogens is 160 g/mol. The van der Waals surface area contributed by atoms with Gasteiger partial charge in [-0.15, -0.1) is 0 Å². The van der Waals surface area contributed by atoms with Crippen molar-refractivity contribution in [3.63, 3.8) is 0 Å². The van der Waals surface area contributed by atoms with E-state index in [4.69, 9.17) is 12.2 Å². The molecule has 1 atom stereocenters. The number of thiocarbonyl (C=S) groups is 1. The van der Waals surface area contributed by atoms with Gasteiger partial charge in [-0.25, -0.2) is 0 Å². The minimum absolute atomic E-state index is 0.199. The molecule has 0 unspecified atom stereocenters. The molecule has 1 rings (SSSR count). The van der Waals surface area contributed by atoms with Crippen LogP contribution < -0.4 is 5.32 Å². The summed E-state index contributed by atoms with van der Waals surface area (Å²) in [6.45, 7) is 1.65. The highest BCUT2D eigenvalue weighted by molar-refractivity contribution is 7.80. The Labute approximate surface area is 72.4 Å². The topological polar surface area (TPSA) is 35.5 Å². The molecule has 0 radical (unpaired) electrons. The molecule has 3 nitrogen and oxygen atoms in total. The van der Waals surface area contributed by atoms with Crippen LogP contribution in [0.4, 0.5) is 0 Å². The van der Waals surface area contributed by atoms with E-state index in [-0.39, 0.29) is 6.10 Å². The van der Waals surface area contributed by atoms with E-state index in [9.17, 15) is 5.11 Å². The minimum atomic E-state index is -0.199. The lowest BCUT2D eigenvalue weighted by Gasteiger charge is -2.31. The second kappa shape index (κ2) is 3.88. The Morgan fingerprint density at radius 3 is 3.00 bits per heavy atom. The highest BCUT2D eigenvalue weighted by Crippen LogP contribution is 2.09. The maximum absolute atomic E-state index is 9.29. The largest absolute Gasteiger partial charge is 0.391 e. The highest BCUT2D eigenvalue weighted by atomic mass is 32.1. The molecule has 2 N–H and O–H groups in total. The Kier molecular flexibility index (Phi) is 3.08. The van der Waals surface area contributed by atoms with Gasteiger partial charge in [-0.05, 0) is 25.1 Å². The zero-order valence-electron chi connectivity index (χ0n) is 6.71. The second-order valence-corrected chi connectivity index (χ2v) is 3.18. The fraction of sp³-hybridized carbons (Fsp3) is 0.857. The summed E-state index contributed by atoms with van der Waals surface area (Å²) in [5.74, 6) is 0. The maximum Gasteiger partial charge on any atom is 0.168 e. The molecule has 64 valence electrons. The Hall–Kier alpha value is -0.350. The van der Waals surface area contributed by atoms with E-state index in [2.05, 4.69) is 5.32 Å². The van der Waals surface area contributed by atoms with Crippen molar-refractivity contribution in [1.29, 1.82) is 0 Å². The smallest absolute Gasteiger partial charge is 0.168 e. The predicted octanol–water partition coefficient (Wildman–Crippen LogP) is -0.0526. The lowest BCUT2D eigenvalue weighted by molar-refractivity contribution is 0.103. The number of likely N-dealkylation sites (tertiary alicyclic amines) is 1. The van der Waals surface area contributed by atoms with Crippen molar-refractivity contribution in [2.45, 2.75) is 18.9 Å². The van der Waals surface area contributed by atoms with Crippen LogP contribution in [0.15, 0.2) is 0 Å². The predicted molar refractivity (Wildman–Crippen MR) is 48.5 cm³/mol. The molecule has 11 heavy (non-hydrogen) atoms. The van der Waals surface area contributed by atoms with Gasteiger partial charge in [0.05, 0.1) is 6.10 Å². The number of nitrogens with zero attached hydrogens (tertiary/aromatic N) is 1. The average molecular weight is 174 g/mol. The van der Waals surface area contributed by atoms with E-state index in [1.54, 1.807) is 0 Å². The van der Waals surface area contributed by atoms with E-state index in [0.29, 0.717) is 6.54 Å². The highest BCUT2D eigenvalue weighted by Gasteiger charge is 2.18. The van der Waals surface area contributed by atoms with Crippen molar-refractivity contribution in [1.82, 2.24) is 10.2 Å². The average Bonchev–Trinajstić information content (AvgIpc) is 2.03. The Bertz CT molecular complexity index is 151. The zero-order valence-corrected chi connectivity index (χ0v) is 7.52. The third kappa shape index (κ3) is 2.31. The molecule has 0 aromatic heterocycles. The third-order valence-corrected chi connectivity index (χ3v) is 2.36. The first-order valence-corrected chi connectivity index (χ1v) is 4.29. The molecular formula is C7H14N2OS. The SMILES string of the molecule is CNC(=S)N1CCC[C@H](O)C1. The molecule has 1 fully saturated rings. The Morgan fingerprint density at radius 2 is 2.45 bits per heavy atom. The van der Waals surface area contributed by atoms with E-state index >= 15 is 0 Å². The molecule has 0 bridgehead atoms. The Morgan fingerprint density at radius 1 is 1.73 bits per heavy atom. The number of nitrogens with one attached hydrogen (secondary N) is 1. The molecule has 0 saturated carbocycles. The van der Waals surface area contributed by atoms with E-state index in [1.807, 2.05) is 11.9 Å². The van der Waals surface area contributed by atoms with Crippen molar-refractivity contribution >= 4 is 17.3 Å². The third-order valence-electron chi connectivity index (χ3n) is 1.90. The van der Waals surface area contributed by atoms with Crippen molar-refractivity contribution < 1.29 is 5.11 Å². The molecule has 0 aromatic rings. The van der Waals surface area contributed by atoms with E-state index in [1.165, 1.54) is 0 Å². The van der Waals surface area contributed by atoms with Crippen molar-refractivity contribution in [3.8, 4) is 0 Å². The van der Waals surface area contributed by atoms with Crippen LogP contribution >= 0.6 is 12.2 Å². The fourth-order valence-corrected chi connectivity index (χ4v) is 1.46. The van der Waals surface area contributed by atoms with Crippen LogP contribution in [0.1, 0.15) is 12.8 Å². The van der Waals surface area contributed by atoms with Crippen LogP contribution in [0.5, 0.6) is 0 Å². The Balaban J connectivity index is 2.39. The normalized spacial score (nSPS) is 24.9. The standard InChI is InChI=1S/C7H14N2OS/c1-8-7(11)9-4-2-3-6(10)5-9/h6,10H,2-5H2,1H3,(H,8,11)/t6-/m0/s1. The fourth-order valence-electron chi connectivity index (χ4n) is 1.30. The molecule has 4 heteroatoms. The lowest BCUT2D eigenvalue weighted by atomic mass is 10.1. The molecule has 1 saturated heterocycles. The number of hydrogen-bond donors (Lipinski definition) is 2. The van der Waals surface area contributed by atoms with Gasteiger partial charge in [0.1, 0.15) is 0 Å². The van der Waals surface area contributed by atoms with Gasteiger partial charge in [0.25, 0.3) is 0 Å². The summed E-state index contributed by atoms with van der Waals surface area (Å²) < 4.78 is 0. The number of aliphatic hydroxyl groups excluding tert-OH is 1. The molecule has 1 aliphatic rings. The number of rotatable bonds is 0. The van der Waals surface area contributed by atoms with Crippen molar-refractivity contribution in [3.05, 3.63) is 0 Å². The zero-order chi connectivity index (χ0) is 8.27. The maximum atomic E-state index is 9.29. The van der Waals surface area contributed by atoms with Gasteiger partial charge in [0.2, 0.25) is 0 Å². The minimum Gasteiger partial charge on any atom is -0.391 e. The number of β-amino-alcohol motifs (C(OH)–C–C–N with tert-alkyl or cyclic N) is 1. The van der Waals surface area contributed by atoms with Crippen molar-refractivity contribution in [2.24, 2.45) is 0 Å². The van der Waals surface area contributed by atoms with E-state index < -0.39 is 0 Å². The summed E-state index contributed by atoms with van der Waals surface area (Å²) >= 11 is 5.03. The summed E-state index contributed by atoms with van der Waals surface area (Å²) in [4.78, 5) is 2.00. The van der Waals surface area contributed by atoms with Crippen LogP contribution in [0, 0.1) is 0 Å². The molecule has 0 amide bonds. The summed E-state index contributed by atoms with van der Waals surface area (Å²) in [5, 5.41) is 12.9. The van der Waals surface area contributed by atoms with Gasteiger partial charge in [-0.3, -0.25) is 0 Å². The van der Waals surface area contributed by atoms with Crippen LogP contribution in [0.3, 0.4) is 0 Å². The van der Waals surface area contributed by atoms with Gasteiger partial charge in [0, 0.05) is 20.1 Å². The van der Waals surface area contributed by atoms with Gasteiger partial charge >= 0.3 is 0 Å². The van der Waals surface area contributed by atoms with Crippen LogP contribution in [-0.4, -0.2) is 41.4 Å². The number of aliphatic hydroxyl groups is 1. The molecule has 0 aliphatic carbocycles. The van der Waals surface area contributed by atoms with Crippen LogP contribution in [0.25, 0.3) is 0 Å². The quantitative estimate of drug-likeness (QED) is 0.505. The number of hydrogen-bond acceptors (Lipinski definition) is 2. The van der Waals surface area contributed by atoms with Gasteiger partial charge in [0.15, 0.2) is 5.11 Å². The summed E-state index contributed by atoms with van der Waals surface area (Å²) in [6, 6.07) is 0. The molecule has 0 spiro atoms. The van der Waals surface area contributed by atoms with Crippen LogP contribution in [0.2, 0.25) is 0 Å². The van der Waals surface area contributed by atoms with Gasteiger partial charge < -0.3 is 15.3 Å². The van der Waals surface area contributed by atoms with Crippen LogP contribution in [-0.2, 0) is 0 Å². The summed E-state index contributed by atoms with van der Waals surface area (Å²) in [7, 11) is 1.81. The molecule has 1 heterocycles. The summed E-state index contributed by atoms with van der Waals surface area (Å²) in [5.41, 5.74) is 0. The first-order chi connectivity index (χ1) is 5.24. The second-order valence-electron chi connectivity index (χ2n) is 2.80. The first-order valence-electron chi connectivity index (χ1n) is 3.88. The summed E-state index contributed by atoms with van der Waals surface area (Å²) in [6.07, 6.45) is 1.74. The van der Waals surface area contributed by atoms with E-state index in [0.717, 1.165) is 24.5 Å². The lowest BCUT2D eigenvalue weighted by Crippen LogP contribution is -2.45. The first kappa shape index (κ1) is 8.74. The molecule has 0 aromatic carbocycles.